The summed E-state index contributed by atoms with van der Waals surface area (Å²) in [5.74, 6) is 0. The molecule has 0 spiro atoms. The van der Waals surface area contributed by atoms with E-state index in [1.807, 2.05) is 156 Å². The molecule has 0 amide bonds. The van der Waals surface area contributed by atoms with Crippen molar-refractivity contribution >= 4 is 91.7 Å². The van der Waals surface area contributed by atoms with Crippen molar-refractivity contribution < 1.29 is 88.1 Å². The molecule has 89 heavy (non-hydrogen) atoms. The first kappa shape index (κ1) is 80.3. The highest BCUT2D eigenvalue weighted by atomic mass is 28.5. The van der Waals surface area contributed by atoms with Crippen LogP contribution >= 0.6 is 0 Å². The molecule has 20 nitrogen and oxygen atoms in total. The maximum absolute atomic E-state index is 11.5. The third-order valence-corrected chi connectivity index (χ3v) is 39.0. The summed E-state index contributed by atoms with van der Waals surface area (Å²) in [5.41, 5.74) is -1.09. The molecule has 0 saturated carbocycles. The Morgan fingerprint density at radius 3 is 0.966 bits per heavy atom. The molecule has 0 saturated heterocycles. The Kier molecular flexibility index (Phi) is 28.8. The molecule has 0 bridgehead atoms. The summed E-state index contributed by atoms with van der Waals surface area (Å²) in [6.45, 7) is 38.0. The minimum absolute atomic E-state index is 0.226. The molecule has 6 unspecified atom stereocenters. The Morgan fingerprint density at radius 1 is 0.303 bits per heavy atom. The van der Waals surface area contributed by atoms with Gasteiger partial charge in [-0.1, -0.05) is 186 Å². The van der Waals surface area contributed by atoms with Gasteiger partial charge in [0, 0.05) is 53.0 Å². The van der Waals surface area contributed by atoms with Crippen LogP contribution in [-0.2, 0) is 74.4 Å². The van der Waals surface area contributed by atoms with Gasteiger partial charge in [-0.15, -0.1) is 0 Å². The summed E-state index contributed by atoms with van der Waals surface area (Å²) in [4.78, 5) is 41.7. The second kappa shape index (κ2) is 32.0. The number of rotatable bonds is 27. The molecule has 5 rings (SSSR count). The van der Waals surface area contributed by atoms with Gasteiger partial charge >= 0.3 is 70.9 Å². The van der Waals surface area contributed by atoms with Crippen LogP contribution in [0, 0.1) is 5.41 Å². The Bertz CT molecular complexity index is 2830. The maximum Gasteiger partial charge on any atom is 0.674 e. The van der Waals surface area contributed by atoms with Crippen LogP contribution in [-0.4, -0.2) is 155 Å². The van der Waals surface area contributed by atoms with Crippen LogP contribution in [0.25, 0.3) is 0 Å². The minimum Gasteiger partial charge on any atom is -0.395 e. The van der Waals surface area contributed by atoms with Crippen molar-refractivity contribution in [3.63, 3.8) is 0 Å². The van der Waals surface area contributed by atoms with Crippen molar-refractivity contribution in [2.45, 2.75) is 159 Å². The summed E-state index contributed by atoms with van der Waals surface area (Å²) >= 11 is 0. The highest BCUT2D eigenvalue weighted by molar-refractivity contribution is 6.94. The van der Waals surface area contributed by atoms with Crippen LogP contribution in [0.15, 0.2) is 152 Å². The van der Waals surface area contributed by atoms with Crippen LogP contribution < -0.4 is 20.7 Å². The largest absolute Gasteiger partial charge is 0.674 e. The van der Waals surface area contributed by atoms with E-state index in [-0.39, 0.29) is 10.6 Å². The first-order chi connectivity index (χ1) is 40.7. The number of hydrogen-bond acceptors (Lipinski definition) is 20. The molecule has 28 heteroatoms. The molecule has 0 aromatic heterocycles. The molecule has 6 atom stereocenters. The van der Waals surface area contributed by atoms with Gasteiger partial charge < -0.3 is 88.1 Å². The van der Waals surface area contributed by atoms with E-state index in [0.717, 1.165) is 19.4 Å². The van der Waals surface area contributed by atoms with Crippen LogP contribution in [0.2, 0.25) is 13.1 Å². The zero-order valence-electron chi connectivity index (χ0n) is 57.3. The first-order valence-corrected chi connectivity index (χ1v) is 44.0. The van der Waals surface area contributed by atoms with Crippen LogP contribution in [0.1, 0.15) is 123 Å². The van der Waals surface area contributed by atoms with E-state index in [1.165, 1.54) is 26.9 Å². The van der Waals surface area contributed by atoms with E-state index in [2.05, 4.69) is 69.4 Å². The Morgan fingerprint density at radius 2 is 0.640 bits per heavy atom. The van der Waals surface area contributed by atoms with Crippen molar-refractivity contribution in [2.24, 2.45) is 5.41 Å². The molecule has 0 aliphatic carbocycles. The monoisotopic (exact) mass is 1380 g/mol. The summed E-state index contributed by atoms with van der Waals surface area (Å²) < 4.78 is 98.2. The lowest BCUT2D eigenvalue weighted by Crippen LogP contribution is -2.75. The Labute approximate surface area is 540 Å². The fourth-order valence-electron chi connectivity index (χ4n) is 8.11. The maximum atomic E-state index is 11.5. The quantitative estimate of drug-likeness (QED) is 0.0361. The Balaban J connectivity index is 0.000000407. The molecule has 0 heterocycles. The van der Waals surface area contributed by atoms with Gasteiger partial charge in [0.25, 0.3) is 0 Å². The van der Waals surface area contributed by atoms with Gasteiger partial charge in [0.1, 0.15) is 0 Å². The van der Waals surface area contributed by atoms with Crippen LogP contribution in [0.5, 0.6) is 0 Å². The van der Waals surface area contributed by atoms with Crippen LogP contribution in [0.3, 0.4) is 0 Å². The summed E-state index contributed by atoms with van der Waals surface area (Å²) in [5, 5.41) is 2.49. The molecule has 500 valence electrons. The Hall–Kier alpha value is -2.96. The van der Waals surface area contributed by atoms with E-state index in [0.29, 0.717) is 15.8 Å². The zero-order chi connectivity index (χ0) is 67.9. The SMILES string of the molecule is CC(C)(C)C(C)(C)c1ccccc1.CO[Si](O)(O)O[Si](O)(OC)O[Si](O)(O[Si](C)(OC)c1ccccc1)c1ccccc1.CO[Si](OC(C)(C)C)(OC(C)(C)C)O[Si](OC)(OC(C)(C)C)O[Si](OC(C)(C)C)(O[Si](C)(OC)c1ccccc1)c1ccccc1. The molecular weight excluding hydrogens is 1280 g/mol. The lowest BCUT2D eigenvalue weighted by Gasteiger charge is -2.46. The summed E-state index contributed by atoms with van der Waals surface area (Å²) in [6.07, 6.45) is 0. The lowest BCUT2D eigenvalue weighted by molar-refractivity contribution is -0.115. The number of benzene rings is 5. The molecule has 0 fully saturated rings. The molecule has 5 aromatic rings. The van der Waals surface area contributed by atoms with Crippen molar-refractivity contribution in [3.05, 3.63) is 157 Å². The van der Waals surface area contributed by atoms with E-state index in [4.69, 9.17) is 64.5 Å². The number of hydrogen-bond donors (Lipinski definition) is 4. The van der Waals surface area contributed by atoms with E-state index < -0.39 is 93.3 Å². The third-order valence-electron chi connectivity index (χ3n) is 13.5. The van der Waals surface area contributed by atoms with Crippen molar-refractivity contribution in [3.8, 4) is 0 Å². The lowest BCUT2D eigenvalue weighted by atomic mass is 9.65. The first-order valence-electron chi connectivity index (χ1n) is 29.2. The minimum atomic E-state index is -4.82. The van der Waals surface area contributed by atoms with E-state index >= 15 is 0 Å². The van der Waals surface area contributed by atoms with Gasteiger partial charge in [-0.05, 0) is 123 Å². The summed E-state index contributed by atoms with van der Waals surface area (Å²) in [7, 11) is -25.2. The predicted molar refractivity (Wildman–Crippen MR) is 362 cm³/mol. The highest BCUT2D eigenvalue weighted by Gasteiger charge is 2.69. The normalized spacial score (nSPS) is 17.2. The van der Waals surface area contributed by atoms with Crippen molar-refractivity contribution in [2.75, 3.05) is 42.7 Å². The fraction of sp³-hybridized carbons (Fsp3) is 0.508. The average molecular weight is 1380 g/mol. The highest BCUT2D eigenvalue weighted by Crippen LogP contribution is 2.41. The molecule has 5 aromatic carbocycles. The molecule has 0 aliphatic heterocycles. The third kappa shape index (κ3) is 24.7. The van der Waals surface area contributed by atoms with Gasteiger partial charge in [-0.3, -0.25) is 0 Å². The second-order valence-electron chi connectivity index (χ2n) is 26.5. The smallest absolute Gasteiger partial charge is 0.395 e. The molecule has 0 radical (unpaired) electrons. The molecule has 0 aliphatic rings. The van der Waals surface area contributed by atoms with Gasteiger partial charge in [0.2, 0.25) is 0 Å². The van der Waals surface area contributed by atoms with E-state index in [9.17, 15) is 19.2 Å². The van der Waals surface area contributed by atoms with Crippen molar-refractivity contribution in [1.29, 1.82) is 0 Å². The zero-order valence-corrected chi connectivity index (χ0v) is 65.3. The second-order valence-corrected chi connectivity index (χ2v) is 47.2. The predicted octanol–water partition coefficient (Wildman–Crippen LogP) is 8.58. The standard InChI is InChI=1S/C32H58O10Si4.C16H26O10Si4.C13H20/c1-29(2,3)36-44(28-25-21-18-22-26-28,40-43(16,33-13)27-23-19-17-20-24-27)41-46(35-15,39-32(10,11)12)42-45(34-14,37-30(4,5)6)38-31(7,8)9;1-21-27(4,15-11-7-5-8-12-15)24-28(17,16-13-9-6-10-14-16)25-30(20,23-3)26-29(18,19)22-2;1-12(2,3)13(4,5)11-9-7-6-8-10-11/h17-26H,1-16H3;5-14,17-20H,1-4H3;6-10H,1-5H3. The van der Waals surface area contributed by atoms with Gasteiger partial charge in [-0.2, -0.15) is 0 Å². The van der Waals surface area contributed by atoms with Gasteiger partial charge in [0.15, 0.2) is 0 Å². The molecular formula is C61H104O20Si8. The topological polar surface area (TPSA) is 229 Å². The molecule has 4 N–H and O–H groups in total. The van der Waals surface area contributed by atoms with Gasteiger partial charge in [0.05, 0.1) is 22.4 Å². The summed E-state index contributed by atoms with van der Waals surface area (Å²) in [6, 6.07) is 47.2. The van der Waals surface area contributed by atoms with Crippen molar-refractivity contribution in [1.82, 2.24) is 0 Å². The fourth-order valence-corrected chi connectivity index (χ4v) is 33.0. The van der Waals surface area contributed by atoms with E-state index in [1.54, 1.807) is 68.3 Å². The van der Waals surface area contributed by atoms with Crippen LogP contribution in [0.4, 0.5) is 0 Å². The van der Waals surface area contributed by atoms with Gasteiger partial charge in [-0.25, -0.2) is 0 Å². The average Bonchev–Trinajstić information content (AvgIpc) is 3.47.